The van der Waals surface area contributed by atoms with Gasteiger partial charge in [-0.2, -0.15) is 0 Å². The molecule has 3 atom stereocenters. The first-order valence-electron chi connectivity index (χ1n) is 11.2. The van der Waals surface area contributed by atoms with E-state index in [0.29, 0.717) is 11.7 Å². The van der Waals surface area contributed by atoms with Crippen LogP contribution in [0.3, 0.4) is 0 Å². The Kier molecular flexibility index (Phi) is 5.78. The molecule has 2 aromatic rings. The standard InChI is InChI=1S/C25H26N2O5S/c1-14(22(28)27-21(24(29)30)13-33-23(27)15-10-11-15)26-25(31)32-12-20-18-8-4-2-6-16(18)17-7-3-5-9-19(17)20/h2-9,14-15,20-21,23H,10-13H2,1H3,(H,26,31)(H,29,30)/t14-,21?,23?/m1/s1. The van der Waals surface area contributed by atoms with Crippen LogP contribution in [0, 0.1) is 5.92 Å². The smallest absolute Gasteiger partial charge is 0.407 e. The second-order valence-corrected chi connectivity index (χ2v) is 10.0. The summed E-state index contributed by atoms with van der Waals surface area (Å²) in [5.41, 5.74) is 4.51. The Balaban J connectivity index is 1.23. The van der Waals surface area contributed by atoms with Crippen molar-refractivity contribution in [1.29, 1.82) is 0 Å². The van der Waals surface area contributed by atoms with Gasteiger partial charge >= 0.3 is 12.1 Å². The van der Waals surface area contributed by atoms with Crippen molar-refractivity contribution >= 4 is 29.7 Å². The average Bonchev–Trinajstić information content (AvgIpc) is 3.47. The van der Waals surface area contributed by atoms with Crippen LogP contribution in [0.4, 0.5) is 4.79 Å². The van der Waals surface area contributed by atoms with E-state index in [0.717, 1.165) is 35.1 Å². The molecule has 8 heteroatoms. The van der Waals surface area contributed by atoms with Crippen molar-refractivity contribution in [1.82, 2.24) is 10.2 Å². The number of carbonyl (C=O) groups is 3. The van der Waals surface area contributed by atoms with E-state index in [2.05, 4.69) is 17.4 Å². The molecule has 172 valence electrons. The van der Waals surface area contributed by atoms with Gasteiger partial charge in [0, 0.05) is 11.7 Å². The lowest BCUT2D eigenvalue weighted by atomic mass is 9.98. The predicted octanol–water partition coefficient (Wildman–Crippen LogP) is 3.68. The summed E-state index contributed by atoms with van der Waals surface area (Å²) in [4.78, 5) is 38.8. The van der Waals surface area contributed by atoms with E-state index in [1.54, 1.807) is 6.92 Å². The predicted molar refractivity (Wildman–Crippen MR) is 125 cm³/mol. The van der Waals surface area contributed by atoms with Gasteiger partial charge in [-0.1, -0.05) is 48.5 Å². The highest BCUT2D eigenvalue weighted by atomic mass is 32.2. The fourth-order valence-corrected chi connectivity index (χ4v) is 6.48. The van der Waals surface area contributed by atoms with E-state index in [4.69, 9.17) is 4.74 Å². The number of rotatable bonds is 6. The van der Waals surface area contributed by atoms with Crippen molar-refractivity contribution in [3.8, 4) is 11.1 Å². The lowest BCUT2D eigenvalue weighted by Gasteiger charge is -2.30. The SMILES string of the molecule is C[C@@H](NC(=O)OCC1c2ccccc2-c2ccccc21)C(=O)N1C(C(=O)O)CSC1C1CC1. The molecule has 2 fully saturated rings. The van der Waals surface area contributed by atoms with Gasteiger partial charge in [-0.05, 0) is 47.9 Å². The van der Waals surface area contributed by atoms with Gasteiger partial charge in [-0.25, -0.2) is 9.59 Å². The minimum atomic E-state index is -1.01. The van der Waals surface area contributed by atoms with Crippen LogP contribution in [0.2, 0.25) is 0 Å². The highest BCUT2D eigenvalue weighted by Gasteiger charge is 2.49. The molecule has 2 aromatic carbocycles. The Bertz CT molecular complexity index is 1060. The number of hydrogen-bond donors (Lipinski definition) is 2. The largest absolute Gasteiger partial charge is 0.480 e. The minimum Gasteiger partial charge on any atom is -0.480 e. The van der Waals surface area contributed by atoms with Gasteiger partial charge in [0.05, 0.1) is 5.37 Å². The van der Waals surface area contributed by atoms with Crippen LogP contribution in [0.5, 0.6) is 0 Å². The van der Waals surface area contributed by atoms with Crippen LogP contribution in [0.1, 0.15) is 36.8 Å². The first-order chi connectivity index (χ1) is 16.0. The summed E-state index contributed by atoms with van der Waals surface area (Å²) in [5, 5.41) is 12.0. The number of nitrogens with zero attached hydrogens (tertiary/aromatic N) is 1. The number of ether oxygens (including phenoxy) is 1. The molecule has 1 aliphatic heterocycles. The van der Waals surface area contributed by atoms with Gasteiger partial charge in [0.1, 0.15) is 18.7 Å². The molecule has 33 heavy (non-hydrogen) atoms. The fraction of sp³-hybridized carbons (Fsp3) is 0.400. The second-order valence-electron chi connectivity index (χ2n) is 8.85. The Morgan fingerprint density at radius 1 is 1.09 bits per heavy atom. The maximum atomic E-state index is 13.1. The van der Waals surface area contributed by atoms with Crippen LogP contribution in [-0.4, -0.2) is 57.8 Å². The first-order valence-corrected chi connectivity index (χ1v) is 12.3. The zero-order chi connectivity index (χ0) is 23.1. The third-order valence-corrected chi connectivity index (χ3v) is 8.11. The Morgan fingerprint density at radius 2 is 1.70 bits per heavy atom. The molecular formula is C25H26N2O5S. The van der Waals surface area contributed by atoms with E-state index in [9.17, 15) is 19.5 Å². The van der Waals surface area contributed by atoms with Crippen LogP contribution in [-0.2, 0) is 14.3 Å². The fourth-order valence-electron chi connectivity index (χ4n) is 4.84. The molecule has 2 amide bonds. The number of carbonyl (C=O) groups excluding carboxylic acids is 2. The molecule has 0 bridgehead atoms. The topological polar surface area (TPSA) is 95.9 Å². The highest BCUT2D eigenvalue weighted by Crippen LogP contribution is 2.46. The van der Waals surface area contributed by atoms with E-state index in [-0.39, 0.29) is 23.8 Å². The lowest BCUT2D eigenvalue weighted by Crippen LogP contribution is -2.54. The molecule has 3 aliphatic rings. The summed E-state index contributed by atoms with van der Waals surface area (Å²) in [6.45, 7) is 1.73. The number of alkyl carbamates (subject to hydrolysis) is 1. The van der Waals surface area contributed by atoms with E-state index in [1.165, 1.54) is 16.7 Å². The number of nitrogens with one attached hydrogen (secondary N) is 1. The maximum absolute atomic E-state index is 13.1. The summed E-state index contributed by atoms with van der Waals surface area (Å²) >= 11 is 1.52. The van der Waals surface area contributed by atoms with E-state index in [1.807, 2.05) is 36.4 Å². The third-order valence-electron chi connectivity index (χ3n) is 6.65. The molecule has 7 nitrogen and oxygen atoms in total. The number of thioether (sulfide) groups is 1. The molecule has 0 radical (unpaired) electrons. The summed E-state index contributed by atoms with van der Waals surface area (Å²) in [7, 11) is 0. The van der Waals surface area contributed by atoms with Crippen molar-refractivity contribution in [2.24, 2.45) is 5.92 Å². The molecule has 2 aliphatic carbocycles. The molecule has 5 rings (SSSR count). The zero-order valence-corrected chi connectivity index (χ0v) is 19.1. The normalized spacial score (nSPS) is 22.4. The van der Waals surface area contributed by atoms with Gasteiger partial charge in [0.25, 0.3) is 0 Å². The lowest BCUT2D eigenvalue weighted by molar-refractivity contribution is -0.150. The Labute approximate surface area is 196 Å². The number of amides is 2. The van der Waals surface area contributed by atoms with Gasteiger partial charge in [-0.15, -0.1) is 11.8 Å². The van der Waals surface area contributed by atoms with Gasteiger partial charge in [0.2, 0.25) is 5.91 Å². The van der Waals surface area contributed by atoms with Gasteiger partial charge < -0.3 is 20.1 Å². The molecule has 1 saturated heterocycles. The number of benzene rings is 2. The highest BCUT2D eigenvalue weighted by molar-refractivity contribution is 8.00. The molecular weight excluding hydrogens is 440 g/mol. The average molecular weight is 467 g/mol. The molecule has 1 heterocycles. The molecule has 0 spiro atoms. The molecule has 2 N–H and O–H groups in total. The molecule has 2 unspecified atom stereocenters. The van der Waals surface area contributed by atoms with Crippen LogP contribution >= 0.6 is 11.8 Å². The van der Waals surface area contributed by atoms with Crippen molar-refractivity contribution in [3.05, 3.63) is 59.7 Å². The third kappa shape index (κ3) is 4.08. The van der Waals surface area contributed by atoms with Crippen molar-refractivity contribution in [3.63, 3.8) is 0 Å². The van der Waals surface area contributed by atoms with Crippen LogP contribution in [0.25, 0.3) is 11.1 Å². The Hall–Kier alpha value is -3.00. The Morgan fingerprint density at radius 3 is 2.27 bits per heavy atom. The number of aliphatic carboxylic acids is 1. The zero-order valence-electron chi connectivity index (χ0n) is 18.3. The van der Waals surface area contributed by atoms with Gasteiger partial charge in [-0.3, -0.25) is 4.79 Å². The second kappa shape index (κ2) is 8.74. The van der Waals surface area contributed by atoms with E-state index >= 15 is 0 Å². The first kappa shape index (κ1) is 21.8. The summed E-state index contributed by atoms with van der Waals surface area (Å²) in [6, 6.07) is 14.4. The maximum Gasteiger partial charge on any atom is 0.407 e. The number of carboxylic acids is 1. The van der Waals surface area contributed by atoms with Crippen LogP contribution in [0.15, 0.2) is 48.5 Å². The monoisotopic (exact) mass is 466 g/mol. The quantitative estimate of drug-likeness (QED) is 0.674. The van der Waals surface area contributed by atoms with Crippen molar-refractivity contribution in [2.75, 3.05) is 12.4 Å². The summed E-state index contributed by atoms with van der Waals surface area (Å²) < 4.78 is 5.54. The van der Waals surface area contributed by atoms with E-state index < -0.39 is 24.1 Å². The number of hydrogen-bond acceptors (Lipinski definition) is 5. The number of fused-ring (bicyclic) bond motifs is 3. The van der Waals surface area contributed by atoms with Crippen molar-refractivity contribution in [2.45, 2.75) is 43.1 Å². The number of carboxylic acid groups (broad SMARTS) is 1. The van der Waals surface area contributed by atoms with Crippen LogP contribution < -0.4 is 5.32 Å². The summed E-state index contributed by atoms with van der Waals surface area (Å²) in [5.74, 6) is -0.741. The minimum absolute atomic E-state index is 0.0697. The molecule has 1 saturated carbocycles. The van der Waals surface area contributed by atoms with Crippen molar-refractivity contribution < 1.29 is 24.2 Å². The summed E-state index contributed by atoms with van der Waals surface area (Å²) in [6.07, 6.45) is 1.32. The van der Waals surface area contributed by atoms with Gasteiger partial charge in [0.15, 0.2) is 0 Å². The molecule has 0 aromatic heterocycles.